The maximum atomic E-state index is 12.4. The highest BCUT2D eigenvalue weighted by atomic mass is 16.5. The fraction of sp³-hybridized carbons (Fsp3) is 0.450. The van der Waals surface area contributed by atoms with E-state index < -0.39 is 0 Å². The second-order valence-corrected chi connectivity index (χ2v) is 7.07. The number of benzene rings is 1. The predicted molar refractivity (Wildman–Crippen MR) is 101 cm³/mol. The number of rotatable bonds is 5. The Balaban J connectivity index is 1.45. The molecule has 7 nitrogen and oxygen atoms in total. The van der Waals surface area contributed by atoms with Gasteiger partial charge in [-0.15, -0.1) is 0 Å². The van der Waals surface area contributed by atoms with Gasteiger partial charge in [-0.05, 0) is 31.9 Å². The molecular formula is C20H24N4O3. The summed E-state index contributed by atoms with van der Waals surface area (Å²) in [6.07, 6.45) is 3.59. The minimum atomic E-state index is 0.167. The van der Waals surface area contributed by atoms with Crippen LogP contribution in [0.1, 0.15) is 19.8 Å². The highest BCUT2D eigenvalue weighted by Gasteiger charge is 2.37. The van der Waals surface area contributed by atoms with E-state index in [0.717, 1.165) is 38.3 Å². The van der Waals surface area contributed by atoms with Crippen molar-refractivity contribution in [2.24, 2.45) is 5.92 Å². The van der Waals surface area contributed by atoms with Crippen molar-refractivity contribution in [1.29, 1.82) is 0 Å². The number of anilines is 1. The van der Waals surface area contributed by atoms with Gasteiger partial charge in [-0.25, -0.2) is 9.97 Å². The van der Waals surface area contributed by atoms with Crippen LogP contribution in [0.5, 0.6) is 17.4 Å². The van der Waals surface area contributed by atoms with Crippen molar-refractivity contribution in [2.45, 2.75) is 25.8 Å². The van der Waals surface area contributed by atoms with Crippen molar-refractivity contribution < 1.29 is 14.3 Å². The number of ether oxygens (including phenoxy) is 2. The molecule has 0 bridgehead atoms. The summed E-state index contributed by atoms with van der Waals surface area (Å²) in [6, 6.07) is 9.46. The van der Waals surface area contributed by atoms with E-state index in [1.165, 1.54) is 6.33 Å². The lowest BCUT2D eigenvalue weighted by Gasteiger charge is -2.40. The standard InChI is InChI=1S/C20H24N4O3/c1-14-12-23(9-10-24(14)20(25)15-7-8-15)18-11-19(22-13-21-18)27-17-6-4-3-5-16(17)26-2/h3-6,11,13-15H,7-10,12H2,1-2H3. The minimum Gasteiger partial charge on any atom is -0.493 e. The lowest BCUT2D eigenvalue weighted by atomic mass is 10.1. The van der Waals surface area contributed by atoms with Gasteiger partial charge in [0.2, 0.25) is 11.8 Å². The molecule has 2 heterocycles. The van der Waals surface area contributed by atoms with Gasteiger partial charge in [-0.1, -0.05) is 12.1 Å². The molecule has 2 aliphatic rings. The van der Waals surface area contributed by atoms with Gasteiger partial charge in [0.05, 0.1) is 7.11 Å². The molecule has 1 amide bonds. The monoisotopic (exact) mass is 368 g/mol. The molecule has 142 valence electrons. The normalized spacial score (nSPS) is 19.7. The number of piperazine rings is 1. The van der Waals surface area contributed by atoms with Crippen LogP contribution in [-0.2, 0) is 4.79 Å². The molecule has 2 aromatic rings. The predicted octanol–water partition coefficient (Wildman–Crippen LogP) is 2.72. The second kappa shape index (κ2) is 7.42. The Bertz CT molecular complexity index is 824. The average molecular weight is 368 g/mol. The average Bonchev–Trinajstić information content (AvgIpc) is 3.53. The number of nitrogens with zero attached hydrogens (tertiary/aromatic N) is 4. The van der Waals surface area contributed by atoms with Crippen molar-refractivity contribution in [3.8, 4) is 17.4 Å². The van der Waals surface area contributed by atoms with E-state index in [2.05, 4.69) is 21.8 Å². The lowest BCUT2D eigenvalue weighted by molar-refractivity contribution is -0.134. The molecule has 2 fully saturated rings. The Kier molecular flexibility index (Phi) is 4.83. The van der Waals surface area contributed by atoms with Crippen LogP contribution in [0.25, 0.3) is 0 Å². The van der Waals surface area contributed by atoms with E-state index in [1.807, 2.05) is 35.2 Å². The molecule has 1 saturated heterocycles. The lowest BCUT2D eigenvalue weighted by Crippen LogP contribution is -2.54. The molecule has 0 N–H and O–H groups in total. The summed E-state index contributed by atoms with van der Waals surface area (Å²) in [6.45, 7) is 4.33. The number of aromatic nitrogens is 2. The fourth-order valence-corrected chi connectivity index (χ4v) is 3.43. The van der Waals surface area contributed by atoms with Gasteiger partial charge in [0.15, 0.2) is 11.5 Å². The smallest absolute Gasteiger partial charge is 0.226 e. The molecule has 4 rings (SSSR count). The summed E-state index contributed by atoms with van der Waals surface area (Å²) in [7, 11) is 1.61. The Morgan fingerprint density at radius 1 is 1.15 bits per heavy atom. The summed E-state index contributed by atoms with van der Waals surface area (Å²) in [4.78, 5) is 25.2. The van der Waals surface area contributed by atoms with Crippen LogP contribution >= 0.6 is 0 Å². The Hall–Kier alpha value is -2.83. The molecule has 1 aromatic carbocycles. The van der Waals surface area contributed by atoms with Crippen molar-refractivity contribution in [3.63, 3.8) is 0 Å². The van der Waals surface area contributed by atoms with Crippen LogP contribution in [0, 0.1) is 5.92 Å². The Labute approximate surface area is 158 Å². The zero-order chi connectivity index (χ0) is 18.8. The third kappa shape index (κ3) is 3.82. The first kappa shape index (κ1) is 17.6. The van der Waals surface area contributed by atoms with Gasteiger partial charge in [0.1, 0.15) is 12.1 Å². The molecule has 27 heavy (non-hydrogen) atoms. The molecule has 1 atom stereocenters. The molecule has 1 saturated carbocycles. The SMILES string of the molecule is COc1ccccc1Oc1cc(N2CCN(C(=O)C3CC3)C(C)C2)ncn1. The first-order valence-corrected chi connectivity index (χ1v) is 9.34. The van der Waals surface area contributed by atoms with E-state index >= 15 is 0 Å². The molecule has 0 radical (unpaired) electrons. The number of amides is 1. The van der Waals surface area contributed by atoms with Crippen LogP contribution in [0.2, 0.25) is 0 Å². The molecule has 7 heteroatoms. The quantitative estimate of drug-likeness (QED) is 0.808. The van der Waals surface area contributed by atoms with Crippen molar-refractivity contribution in [1.82, 2.24) is 14.9 Å². The molecule has 1 aromatic heterocycles. The van der Waals surface area contributed by atoms with Crippen LogP contribution < -0.4 is 14.4 Å². The zero-order valence-corrected chi connectivity index (χ0v) is 15.7. The van der Waals surface area contributed by atoms with Gasteiger partial charge in [0.25, 0.3) is 0 Å². The summed E-state index contributed by atoms with van der Waals surface area (Å²) >= 11 is 0. The van der Waals surface area contributed by atoms with Crippen LogP contribution in [-0.4, -0.2) is 53.6 Å². The Morgan fingerprint density at radius 2 is 1.93 bits per heavy atom. The maximum Gasteiger partial charge on any atom is 0.226 e. The van der Waals surface area contributed by atoms with Gasteiger partial charge < -0.3 is 19.3 Å². The first-order chi connectivity index (χ1) is 13.2. The van der Waals surface area contributed by atoms with Gasteiger partial charge in [-0.3, -0.25) is 4.79 Å². The number of para-hydroxylation sites is 2. The fourth-order valence-electron chi connectivity index (χ4n) is 3.43. The minimum absolute atomic E-state index is 0.167. The number of hydrogen-bond acceptors (Lipinski definition) is 6. The first-order valence-electron chi connectivity index (χ1n) is 9.34. The van der Waals surface area contributed by atoms with E-state index in [4.69, 9.17) is 9.47 Å². The third-order valence-corrected chi connectivity index (χ3v) is 5.07. The van der Waals surface area contributed by atoms with E-state index in [0.29, 0.717) is 23.3 Å². The molecule has 1 unspecified atom stereocenters. The summed E-state index contributed by atoms with van der Waals surface area (Å²) in [5.74, 6) is 3.11. The summed E-state index contributed by atoms with van der Waals surface area (Å²) in [5, 5.41) is 0. The van der Waals surface area contributed by atoms with Crippen LogP contribution in [0.15, 0.2) is 36.7 Å². The second-order valence-electron chi connectivity index (χ2n) is 7.07. The zero-order valence-electron chi connectivity index (χ0n) is 15.7. The van der Waals surface area contributed by atoms with E-state index in [9.17, 15) is 4.79 Å². The Morgan fingerprint density at radius 3 is 2.63 bits per heavy atom. The van der Waals surface area contributed by atoms with Crippen molar-refractivity contribution >= 4 is 11.7 Å². The molecular weight excluding hydrogens is 344 g/mol. The van der Waals surface area contributed by atoms with Crippen LogP contribution in [0.4, 0.5) is 5.82 Å². The largest absolute Gasteiger partial charge is 0.493 e. The van der Waals surface area contributed by atoms with Crippen molar-refractivity contribution in [3.05, 3.63) is 36.7 Å². The summed E-state index contributed by atoms with van der Waals surface area (Å²) < 4.78 is 11.2. The van der Waals surface area contributed by atoms with Crippen LogP contribution in [0.3, 0.4) is 0 Å². The van der Waals surface area contributed by atoms with E-state index in [1.54, 1.807) is 7.11 Å². The summed E-state index contributed by atoms with van der Waals surface area (Å²) in [5.41, 5.74) is 0. The number of carbonyl (C=O) groups excluding carboxylic acids is 1. The van der Waals surface area contributed by atoms with Gasteiger partial charge >= 0.3 is 0 Å². The van der Waals surface area contributed by atoms with Gasteiger partial charge in [0, 0.05) is 37.7 Å². The van der Waals surface area contributed by atoms with Gasteiger partial charge in [-0.2, -0.15) is 0 Å². The van der Waals surface area contributed by atoms with E-state index in [-0.39, 0.29) is 12.0 Å². The number of methoxy groups -OCH3 is 1. The highest BCUT2D eigenvalue weighted by Crippen LogP contribution is 2.33. The topological polar surface area (TPSA) is 67.8 Å². The molecule has 1 aliphatic heterocycles. The number of hydrogen-bond donors (Lipinski definition) is 0. The number of carbonyl (C=O) groups is 1. The molecule has 0 spiro atoms. The van der Waals surface area contributed by atoms with Crippen molar-refractivity contribution in [2.75, 3.05) is 31.6 Å². The highest BCUT2D eigenvalue weighted by molar-refractivity contribution is 5.81. The third-order valence-electron chi connectivity index (χ3n) is 5.07. The maximum absolute atomic E-state index is 12.4. The molecule has 1 aliphatic carbocycles.